The van der Waals surface area contributed by atoms with E-state index in [4.69, 9.17) is 25.5 Å². The molecule has 1 atom stereocenters. The molecule has 1 amide bonds. The van der Waals surface area contributed by atoms with Crippen LogP contribution in [0, 0.1) is 5.92 Å². The van der Waals surface area contributed by atoms with E-state index in [1.54, 1.807) is 24.3 Å². The van der Waals surface area contributed by atoms with E-state index in [9.17, 15) is 4.79 Å². The summed E-state index contributed by atoms with van der Waals surface area (Å²) in [6, 6.07) is 12.8. The molecular weight excluding hydrogens is 450 g/mol. The number of halogens is 1. The topological polar surface area (TPSA) is 86.5 Å². The van der Waals surface area contributed by atoms with E-state index < -0.39 is 0 Å². The highest BCUT2D eigenvalue weighted by atomic mass is 35.5. The molecule has 0 fully saturated rings. The Labute approximate surface area is 195 Å². The van der Waals surface area contributed by atoms with Gasteiger partial charge in [-0.2, -0.15) is 0 Å². The van der Waals surface area contributed by atoms with Gasteiger partial charge in [-0.15, -0.1) is 10.2 Å². The van der Waals surface area contributed by atoms with Crippen LogP contribution in [0.3, 0.4) is 0 Å². The molecule has 4 rings (SSSR count). The van der Waals surface area contributed by atoms with Crippen LogP contribution in [0.15, 0.2) is 52.1 Å². The number of hydrogen-bond acceptors (Lipinski definition) is 7. The smallest absolute Gasteiger partial charge is 0.277 e. The average Bonchev–Trinajstić information content (AvgIpc) is 3.13. The molecular formula is C23H24ClN3O4S. The third-order valence-electron chi connectivity index (χ3n) is 4.94. The lowest BCUT2D eigenvalue weighted by molar-refractivity contribution is -0.119. The number of amides is 1. The number of benzene rings is 2. The van der Waals surface area contributed by atoms with Crippen molar-refractivity contribution in [3.05, 3.63) is 53.1 Å². The molecule has 1 aliphatic heterocycles. The lowest BCUT2D eigenvalue weighted by Crippen LogP contribution is -2.33. The minimum absolute atomic E-state index is 0.118. The summed E-state index contributed by atoms with van der Waals surface area (Å²) in [5.74, 6) is 2.08. The maximum atomic E-state index is 12.7. The molecule has 0 radical (unpaired) electrons. The van der Waals surface area contributed by atoms with Crippen LogP contribution in [-0.2, 0) is 4.79 Å². The summed E-state index contributed by atoms with van der Waals surface area (Å²) >= 11 is 7.11. The number of fused-ring (bicyclic) bond motifs is 1. The van der Waals surface area contributed by atoms with Crippen LogP contribution < -0.4 is 14.8 Å². The van der Waals surface area contributed by atoms with E-state index in [0.717, 1.165) is 29.0 Å². The van der Waals surface area contributed by atoms with Gasteiger partial charge in [0.2, 0.25) is 11.8 Å². The van der Waals surface area contributed by atoms with Crippen LogP contribution in [0.4, 0.5) is 0 Å². The Morgan fingerprint density at radius 2 is 1.84 bits per heavy atom. The second-order valence-electron chi connectivity index (χ2n) is 7.71. The van der Waals surface area contributed by atoms with E-state index in [1.165, 1.54) is 11.8 Å². The molecule has 9 heteroatoms. The Hall–Kier alpha value is -2.71. The normalized spacial score (nSPS) is 14.1. The highest BCUT2D eigenvalue weighted by molar-refractivity contribution is 7.99. The summed E-state index contributed by atoms with van der Waals surface area (Å²) in [7, 11) is 0. The van der Waals surface area contributed by atoms with Gasteiger partial charge in [0.15, 0.2) is 11.5 Å². The van der Waals surface area contributed by atoms with Crippen molar-refractivity contribution in [1.29, 1.82) is 0 Å². The molecule has 2 aromatic carbocycles. The van der Waals surface area contributed by atoms with Crippen molar-refractivity contribution in [3.63, 3.8) is 0 Å². The van der Waals surface area contributed by atoms with Crippen molar-refractivity contribution in [1.82, 2.24) is 15.5 Å². The standard InChI is InChI=1S/C23H24ClN3O4S/c1-14(2)21(16-6-9-18-19(12-16)30-11-3-10-29-18)25-20(28)13-32-23-27-26-22(31-23)15-4-7-17(24)8-5-15/h4-9,12,14,21H,3,10-11,13H2,1-2H3,(H,25,28). The van der Waals surface area contributed by atoms with Gasteiger partial charge >= 0.3 is 0 Å². The highest BCUT2D eigenvalue weighted by Gasteiger charge is 2.22. The van der Waals surface area contributed by atoms with E-state index in [0.29, 0.717) is 29.3 Å². The van der Waals surface area contributed by atoms with Crippen LogP contribution in [0.1, 0.15) is 31.9 Å². The summed E-state index contributed by atoms with van der Waals surface area (Å²) in [6.07, 6.45) is 0.848. The number of hydrogen-bond donors (Lipinski definition) is 1. The SMILES string of the molecule is CC(C)C(NC(=O)CSc1nnc(-c2ccc(Cl)cc2)o1)c1ccc2c(c1)OCCCO2. The number of rotatable bonds is 7. The number of carbonyl (C=O) groups excluding carboxylic acids is 1. The predicted molar refractivity (Wildman–Crippen MR) is 123 cm³/mol. The summed E-state index contributed by atoms with van der Waals surface area (Å²) in [6.45, 7) is 5.40. The second-order valence-corrected chi connectivity index (χ2v) is 9.08. The van der Waals surface area contributed by atoms with Crippen molar-refractivity contribution in [3.8, 4) is 23.0 Å². The summed E-state index contributed by atoms with van der Waals surface area (Å²) < 4.78 is 17.2. The Morgan fingerprint density at radius 1 is 1.09 bits per heavy atom. The first kappa shape index (κ1) is 22.5. The first-order valence-electron chi connectivity index (χ1n) is 10.4. The third-order valence-corrected chi connectivity index (χ3v) is 6.01. The number of nitrogens with zero attached hydrogens (tertiary/aromatic N) is 2. The second kappa shape index (κ2) is 10.3. The van der Waals surface area contributed by atoms with Gasteiger partial charge in [-0.1, -0.05) is 43.3 Å². The predicted octanol–water partition coefficient (Wildman–Crippen LogP) is 5.16. The van der Waals surface area contributed by atoms with E-state index in [-0.39, 0.29) is 23.6 Å². The fourth-order valence-corrected chi connectivity index (χ4v) is 4.03. The zero-order chi connectivity index (χ0) is 22.5. The molecule has 0 saturated carbocycles. The summed E-state index contributed by atoms with van der Waals surface area (Å²) in [5, 5.41) is 12.1. The van der Waals surface area contributed by atoms with Gasteiger partial charge in [0, 0.05) is 17.0 Å². The number of carbonyl (C=O) groups is 1. The van der Waals surface area contributed by atoms with Crippen molar-refractivity contribution < 1.29 is 18.7 Å². The third kappa shape index (κ3) is 5.55. The van der Waals surface area contributed by atoms with E-state index in [2.05, 4.69) is 29.4 Å². The Bertz CT molecular complexity index is 1070. The van der Waals surface area contributed by atoms with Gasteiger partial charge in [-0.05, 0) is 47.9 Å². The minimum atomic E-state index is -0.160. The maximum absolute atomic E-state index is 12.7. The molecule has 1 unspecified atom stereocenters. The highest BCUT2D eigenvalue weighted by Crippen LogP contribution is 2.34. The molecule has 0 aliphatic carbocycles. The van der Waals surface area contributed by atoms with Crippen molar-refractivity contribution >= 4 is 29.3 Å². The molecule has 0 saturated heterocycles. The quantitative estimate of drug-likeness (QED) is 0.474. The van der Waals surface area contributed by atoms with Crippen LogP contribution in [0.2, 0.25) is 5.02 Å². The largest absolute Gasteiger partial charge is 0.490 e. The zero-order valence-electron chi connectivity index (χ0n) is 17.8. The lowest BCUT2D eigenvalue weighted by Gasteiger charge is -2.23. The maximum Gasteiger partial charge on any atom is 0.277 e. The first-order valence-corrected chi connectivity index (χ1v) is 11.8. The molecule has 1 aromatic heterocycles. The van der Waals surface area contributed by atoms with Gasteiger partial charge < -0.3 is 19.2 Å². The Morgan fingerprint density at radius 3 is 2.59 bits per heavy atom. The van der Waals surface area contributed by atoms with Crippen LogP contribution in [0.25, 0.3) is 11.5 Å². The van der Waals surface area contributed by atoms with E-state index >= 15 is 0 Å². The average molecular weight is 474 g/mol. The first-order chi connectivity index (χ1) is 15.5. The number of aromatic nitrogens is 2. The van der Waals surface area contributed by atoms with Gasteiger partial charge in [0.05, 0.1) is 25.0 Å². The Balaban J connectivity index is 1.38. The molecule has 3 aromatic rings. The van der Waals surface area contributed by atoms with Crippen LogP contribution in [0.5, 0.6) is 11.5 Å². The van der Waals surface area contributed by atoms with Gasteiger partial charge in [-0.25, -0.2) is 0 Å². The fourth-order valence-electron chi connectivity index (χ4n) is 3.33. The van der Waals surface area contributed by atoms with Crippen LogP contribution in [-0.4, -0.2) is 35.1 Å². The molecule has 0 spiro atoms. The summed E-state index contributed by atoms with van der Waals surface area (Å²) in [4.78, 5) is 12.7. The minimum Gasteiger partial charge on any atom is -0.490 e. The van der Waals surface area contributed by atoms with Crippen molar-refractivity contribution in [2.45, 2.75) is 31.5 Å². The van der Waals surface area contributed by atoms with Gasteiger partial charge in [0.25, 0.3) is 5.22 Å². The fraction of sp³-hybridized carbons (Fsp3) is 0.348. The number of nitrogens with one attached hydrogen (secondary N) is 1. The Kier molecular flexibility index (Phi) is 7.22. The van der Waals surface area contributed by atoms with Gasteiger partial charge in [0.1, 0.15) is 0 Å². The number of thioether (sulfide) groups is 1. The molecule has 1 aliphatic rings. The number of ether oxygens (including phenoxy) is 2. The zero-order valence-corrected chi connectivity index (χ0v) is 19.4. The van der Waals surface area contributed by atoms with E-state index in [1.807, 2.05) is 18.2 Å². The monoisotopic (exact) mass is 473 g/mol. The summed E-state index contributed by atoms with van der Waals surface area (Å²) in [5.41, 5.74) is 1.75. The van der Waals surface area contributed by atoms with Crippen molar-refractivity contribution in [2.24, 2.45) is 5.92 Å². The van der Waals surface area contributed by atoms with Crippen LogP contribution >= 0.6 is 23.4 Å². The molecule has 2 heterocycles. The molecule has 1 N–H and O–H groups in total. The van der Waals surface area contributed by atoms with Crippen molar-refractivity contribution in [2.75, 3.05) is 19.0 Å². The molecule has 168 valence electrons. The van der Waals surface area contributed by atoms with Gasteiger partial charge in [-0.3, -0.25) is 4.79 Å². The molecule has 32 heavy (non-hydrogen) atoms. The molecule has 0 bridgehead atoms. The molecule has 7 nitrogen and oxygen atoms in total. The lowest BCUT2D eigenvalue weighted by atomic mass is 9.95.